The van der Waals surface area contributed by atoms with Crippen LogP contribution in [0.4, 0.5) is 0 Å². The second-order valence-electron chi connectivity index (χ2n) is 17.3. The number of esters is 2. The number of hydrogen-bond donors (Lipinski definition) is 7. The third kappa shape index (κ3) is 28.8. The van der Waals surface area contributed by atoms with Crippen molar-refractivity contribution in [3.05, 3.63) is 0 Å². The number of aliphatic hydroxyl groups is 7. The Morgan fingerprint density at radius 3 is 1.54 bits per heavy atom. The number of aliphatic hydroxyl groups excluding tert-OH is 7. The largest absolute Gasteiger partial charge is 0.462 e. The SMILES string of the molecule is CCCCCCCCC(O)C(CCCCCCCC(=O)OC(CO)COC(=O)CCCCCCCC1OC1CC(C(O)CCCCC)N(CCO)CCO)N(CCO)CCO. The highest BCUT2D eigenvalue weighted by Gasteiger charge is 2.42. The van der Waals surface area contributed by atoms with E-state index in [1.54, 1.807) is 0 Å². The first kappa shape index (κ1) is 57.6. The van der Waals surface area contributed by atoms with Crippen LogP contribution in [0.2, 0.25) is 0 Å². The van der Waals surface area contributed by atoms with Gasteiger partial charge < -0.3 is 50.0 Å². The molecule has 1 aliphatic rings. The van der Waals surface area contributed by atoms with Gasteiger partial charge in [0.25, 0.3) is 0 Å². The number of ether oxygens (including phenoxy) is 3. The van der Waals surface area contributed by atoms with Gasteiger partial charge in [0.2, 0.25) is 0 Å². The Labute approximate surface area is 369 Å². The average molecular weight is 877 g/mol. The van der Waals surface area contributed by atoms with E-state index in [-0.39, 0.29) is 76.1 Å². The Hall–Kier alpha value is -1.46. The Morgan fingerprint density at radius 1 is 0.541 bits per heavy atom. The zero-order chi connectivity index (χ0) is 44.9. The normalized spacial score (nSPS) is 17.7. The average Bonchev–Trinajstić information content (AvgIpc) is 4.00. The summed E-state index contributed by atoms with van der Waals surface area (Å²) in [7, 11) is 0. The summed E-state index contributed by atoms with van der Waals surface area (Å²) in [6.45, 7) is 5.31. The van der Waals surface area contributed by atoms with E-state index in [9.17, 15) is 45.3 Å². The minimum Gasteiger partial charge on any atom is -0.462 e. The third-order valence-electron chi connectivity index (χ3n) is 12.2. The lowest BCUT2D eigenvalue weighted by molar-refractivity contribution is -0.161. The summed E-state index contributed by atoms with van der Waals surface area (Å²) >= 11 is 0. The van der Waals surface area contributed by atoms with Gasteiger partial charge in [0.05, 0.1) is 57.5 Å². The van der Waals surface area contributed by atoms with Crippen molar-refractivity contribution in [2.75, 3.05) is 65.8 Å². The van der Waals surface area contributed by atoms with Gasteiger partial charge in [0.15, 0.2) is 6.10 Å². The maximum atomic E-state index is 12.4. The molecule has 0 aromatic heterocycles. The zero-order valence-corrected chi connectivity index (χ0v) is 38.6. The van der Waals surface area contributed by atoms with E-state index >= 15 is 0 Å². The lowest BCUT2D eigenvalue weighted by Gasteiger charge is -2.34. The van der Waals surface area contributed by atoms with E-state index in [0.717, 1.165) is 103 Å². The van der Waals surface area contributed by atoms with E-state index in [2.05, 4.69) is 13.8 Å². The highest BCUT2D eigenvalue weighted by atomic mass is 16.6. The first-order chi connectivity index (χ1) is 29.7. The Morgan fingerprint density at radius 2 is 0.984 bits per heavy atom. The quantitative estimate of drug-likeness (QED) is 0.0232. The van der Waals surface area contributed by atoms with Crippen LogP contribution in [-0.4, -0.2) is 166 Å². The molecule has 7 N–H and O–H groups in total. The molecule has 362 valence electrons. The lowest BCUT2D eigenvalue weighted by atomic mass is 9.96. The summed E-state index contributed by atoms with van der Waals surface area (Å²) in [6.07, 6.45) is 21.5. The van der Waals surface area contributed by atoms with Crippen molar-refractivity contribution in [3.63, 3.8) is 0 Å². The van der Waals surface area contributed by atoms with Crippen LogP contribution in [0.15, 0.2) is 0 Å². The molecule has 14 nitrogen and oxygen atoms in total. The molecular weight excluding hydrogens is 785 g/mol. The molecule has 1 aliphatic heterocycles. The van der Waals surface area contributed by atoms with Crippen molar-refractivity contribution in [2.45, 2.75) is 223 Å². The van der Waals surface area contributed by atoms with Crippen LogP contribution >= 0.6 is 0 Å². The summed E-state index contributed by atoms with van der Waals surface area (Å²) in [6, 6.07) is -0.261. The zero-order valence-electron chi connectivity index (χ0n) is 38.6. The van der Waals surface area contributed by atoms with Gasteiger partial charge in [-0.05, 0) is 44.9 Å². The Kier molecular flexibility index (Phi) is 36.8. The molecule has 0 spiro atoms. The molecule has 0 aliphatic carbocycles. The molecule has 61 heavy (non-hydrogen) atoms. The molecule has 7 atom stereocenters. The number of carbonyl (C=O) groups excluding carboxylic acids is 2. The molecule has 0 amide bonds. The van der Waals surface area contributed by atoms with Gasteiger partial charge in [-0.1, -0.05) is 123 Å². The second kappa shape index (κ2) is 39.0. The molecule has 0 saturated carbocycles. The molecule has 7 unspecified atom stereocenters. The molecule has 1 saturated heterocycles. The molecule has 14 heteroatoms. The fraction of sp³-hybridized carbons (Fsp3) is 0.957. The standard InChI is InChI=1S/C47H92N2O12/c1-3-5-7-8-12-18-24-42(55)40(48(28-32-50)29-33-51)22-17-11-9-15-21-27-47(58)60-39(37-54)38-59-46(57)26-20-14-10-13-19-25-44-45(61-44)36-41(43(56)23-16-6-4-2)49(30-34-52)31-35-53/h39-45,50-56H,3-38H2,1-2H3. The number of nitrogens with zero attached hydrogens (tertiary/aromatic N) is 2. The van der Waals surface area contributed by atoms with Crippen LogP contribution in [0.25, 0.3) is 0 Å². The maximum Gasteiger partial charge on any atom is 0.306 e. The van der Waals surface area contributed by atoms with Crippen LogP contribution in [0.1, 0.15) is 181 Å². The lowest BCUT2D eigenvalue weighted by Crippen LogP contribution is -2.47. The van der Waals surface area contributed by atoms with Crippen LogP contribution in [0.3, 0.4) is 0 Å². The predicted molar refractivity (Wildman–Crippen MR) is 239 cm³/mol. The van der Waals surface area contributed by atoms with E-state index in [1.807, 2.05) is 9.80 Å². The molecule has 0 aromatic carbocycles. The molecule has 1 fully saturated rings. The Balaban J connectivity index is 2.23. The minimum atomic E-state index is -0.891. The monoisotopic (exact) mass is 877 g/mol. The minimum absolute atomic E-state index is 0.0209. The van der Waals surface area contributed by atoms with E-state index in [0.29, 0.717) is 51.9 Å². The van der Waals surface area contributed by atoms with Crippen LogP contribution < -0.4 is 0 Å². The van der Waals surface area contributed by atoms with Crippen LogP contribution in [-0.2, 0) is 23.8 Å². The maximum absolute atomic E-state index is 12.4. The summed E-state index contributed by atoms with van der Waals surface area (Å²) in [5.74, 6) is -0.802. The van der Waals surface area contributed by atoms with Gasteiger partial charge in [-0.15, -0.1) is 0 Å². The molecule has 0 bridgehead atoms. The van der Waals surface area contributed by atoms with Gasteiger partial charge in [0, 0.05) is 51.1 Å². The third-order valence-corrected chi connectivity index (χ3v) is 12.2. The number of unbranched alkanes of at least 4 members (excludes halogenated alkanes) is 15. The van der Waals surface area contributed by atoms with Crippen molar-refractivity contribution < 1.29 is 59.5 Å². The van der Waals surface area contributed by atoms with E-state index < -0.39 is 30.9 Å². The molecule has 0 radical (unpaired) electrons. The molecule has 0 aromatic rings. The predicted octanol–water partition coefficient (Wildman–Crippen LogP) is 5.42. The smallest absolute Gasteiger partial charge is 0.306 e. The van der Waals surface area contributed by atoms with Gasteiger partial charge in [0.1, 0.15) is 6.61 Å². The number of epoxide rings is 1. The van der Waals surface area contributed by atoms with Crippen molar-refractivity contribution >= 4 is 11.9 Å². The van der Waals surface area contributed by atoms with E-state index in [1.165, 1.54) is 25.7 Å². The highest BCUT2D eigenvalue weighted by Crippen LogP contribution is 2.34. The molecule has 1 rings (SSSR count). The summed E-state index contributed by atoms with van der Waals surface area (Å²) in [5, 5.41) is 70.0. The van der Waals surface area contributed by atoms with Crippen molar-refractivity contribution in [1.82, 2.24) is 9.80 Å². The summed E-state index contributed by atoms with van der Waals surface area (Å²) in [4.78, 5) is 28.8. The van der Waals surface area contributed by atoms with Crippen molar-refractivity contribution in [3.8, 4) is 0 Å². The number of carbonyl (C=O) groups is 2. The highest BCUT2D eigenvalue weighted by molar-refractivity contribution is 5.70. The van der Waals surface area contributed by atoms with E-state index in [4.69, 9.17) is 14.2 Å². The Bertz CT molecular complexity index is 1020. The second-order valence-corrected chi connectivity index (χ2v) is 17.3. The summed E-state index contributed by atoms with van der Waals surface area (Å²) < 4.78 is 16.6. The summed E-state index contributed by atoms with van der Waals surface area (Å²) in [5.41, 5.74) is 0. The molecule has 1 heterocycles. The number of rotatable bonds is 45. The van der Waals surface area contributed by atoms with Crippen molar-refractivity contribution in [2.24, 2.45) is 0 Å². The van der Waals surface area contributed by atoms with Gasteiger partial charge >= 0.3 is 11.9 Å². The fourth-order valence-corrected chi connectivity index (χ4v) is 8.49. The van der Waals surface area contributed by atoms with Crippen LogP contribution in [0.5, 0.6) is 0 Å². The van der Waals surface area contributed by atoms with Gasteiger partial charge in [-0.2, -0.15) is 0 Å². The van der Waals surface area contributed by atoms with Gasteiger partial charge in [-0.3, -0.25) is 19.4 Å². The van der Waals surface area contributed by atoms with Crippen molar-refractivity contribution in [1.29, 1.82) is 0 Å². The molecular formula is C47H92N2O12. The number of hydrogen-bond acceptors (Lipinski definition) is 14. The van der Waals surface area contributed by atoms with Gasteiger partial charge in [-0.25, -0.2) is 0 Å². The first-order valence-electron chi connectivity index (χ1n) is 24.6. The topological polar surface area (TPSA) is 213 Å². The fourth-order valence-electron chi connectivity index (χ4n) is 8.49. The van der Waals surface area contributed by atoms with Crippen LogP contribution in [0, 0.1) is 0 Å². The first-order valence-corrected chi connectivity index (χ1v) is 24.6.